The number of likely N-dealkylation sites (N-methyl/N-ethyl adjacent to an activating group) is 1. The van der Waals surface area contributed by atoms with Gasteiger partial charge in [0.2, 0.25) is 0 Å². The van der Waals surface area contributed by atoms with Gasteiger partial charge in [0.05, 0.1) is 15.9 Å². The van der Waals surface area contributed by atoms with E-state index in [1.165, 1.54) is 6.92 Å². The summed E-state index contributed by atoms with van der Waals surface area (Å²) in [5.74, 6) is -0.265. The maximum atomic E-state index is 11.7. The van der Waals surface area contributed by atoms with Crippen molar-refractivity contribution in [3.8, 4) is 0 Å². The summed E-state index contributed by atoms with van der Waals surface area (Å²) in [5, 5.41) is 4.21. The molecule has 1 aromatic carbocycles. The van der Waals surface area contributed by atoms with E-state index in [0.29, 0.717) is 4.99 Å². The molecule has 0 spiro atoms. The van der Waals surface area contributed by atoms with E-state index in [0.717, 1.165) is 42.1 Å². The Hall–Kier alpha value is -2.01. The monoisotopic (exact) mass is 342 g/mol. The molecule has 0 radical (unpaired) electrons. The molecule has 0 unspecified atom stereocenters. The summed E-state index contributed by atoms with van der Waals surface area (Å²) in [7, 11) is 1.83. The molecule has 24 heavy (non-hydrogen) atoms. The molecular weight excluding hydrogens is 320 g/mol. The van der Waals surface area contributed by atoms with Crippen LogP contribution in [0.2, 0.25) is 0 Å². The zero-order chi connectivity index (χ0) is 17.2. The highest BCUT2D eigenvalue weighted by molar-refractivity contribution is 7.80. The number of aromatic nitrogens is 1. The predicted molar refractivity (Wildman–Crippen MR) is 99.1 cm³/mol. The number of carbonyl (C=O) groups is 1. The Morgan fingerprint density at radius 1 is 1.38 bits per heavy atom. The molecule has 1 N–H and O–H groups in total. The van der Waals surface area contributed by atoms with Crippen LogP contribution in [-0.2, 0) is 14.9 Å². The van der Waals surface area contributed by atoms with Crippen molar-refractivity contribution in [2.45, 2.75) is 44.1 Å². The van der Waals surface area contributed by atoms with Crippen LogP contribution in [0.15, 0.2) is 36.5 Å². The van der Waals surface area contributed by atoms with Crippen molar-refractivity contribution in [1.82, 2.24) is 10.3 Å². The van der Waals surface area contributed by atoms with E-state index in [9.17, 15) is 4.79 Å². The lowest BCUT2D eigenvalue weighted by molar-refractivity contribution is -0.150. The summed E-state index contributed by atoms with van der Waals surface area (Å²) >= 11 is 5.69. The molecule has 0 aliphatic heterocycles. The molecule has 1 fully saturated rings. The van der Waals surface area contributed by atoms with E-state index < -0.39 is 5.41 Å². The third-order valence-corrected chi connectivity index (χ3v) is 5.45. The van der Waals surface area contributed by atoms with Crippen LogP contribution in [0.1, 0.15) is 38.2 Å². The van der Waals surface area contributed by atoms with Crippen molar-refractivity contribution in [3.05, 3.63) is 42.1 Å². The Morgan fingerprint density at radius 2 is 2.17 bits per heavy atom. The van der Waals surface area contributed by atoms with Crippen LogP contribution < -0.4 is 5.32 Å². The number of nitrogens with zero attached hydrogens (tertiary/aromatic N) is 1. The Bertz CT molecular complexity index is 777. The van der Waals surface area contributed by atoms with Crippen molar-refractivity contribution in [1.29, 1.82) is 0 Å². The number of carbonyl (C=O) groups excluding carboxylic acids is 1. The lowest BCUT2D eigenvalue weighted by Crippen LogP contribution is -2.53. The molecule has 1 aromatic heterocycles. The Labute approximate surface area is 147 Å². The minimum absolute atomic E-state index is 0.258. The molecular formula is C19H22N2O2S. The molecule has 0 bridgehead atoms. The molecule has 4 nitrogen and oxygen atoms in total. The summed E-state index contributed by atoms with van der Waals surface area (Å²) in [6.45, 7) is 1.46. The molecule has 1 saturated carbocycles. The van der Waals surface area contributed by atoms with Gasteiger partial charge in [-0.1, -0.05) is 36.8 Å². The molecule has 5 heteroatoms. The zero-order valence-electron chi connectivity index (χ0n) is 14.0. The fraction of sp³-hybridized carbons (Fsp3) is 0.421. The van der Waals surface area contributed by atoms with Crippen LogP contribution in [0.25, 0.3) is 10.9 Å². The first-order valence-electron chi connectivity index (χ1n) is 8.32. The van der Waals surface area contributed by atoms with Gasteiger partial charge in [-0.05, 0) is 37.0 Å². The van der Waals surface area contributed by atoms with Gasteiger partial charge >= 0.3 is 5.97 Å². The summed E-state index contributed by atoms with van der Waals surface area (Å²) in [6.07, 6.45) is 5.37. The number of nitrogens with one attached hydrogen (secondary N) is 1. The summed E-state index contributed by atoms with van der Waals surface area (Å²) < 4.78 is 5.70. The fourth-order valence-electron chi connectivity index (χ4n) is 3.76. The van der Waals surface area contributed by atoms with E-state index in [1.807, 2.05) is 37.5 Å². The first-order valence-corrected chi connectivity index (χ1v) is 8.73. The largest absolute Gasteiger partial charge is 0.461 e. The Balaban J connectivity index is 2.15. The van der Waals surface area contributed by atoms with E-state index in [1.54, 1.807) is 0 Å². The van der Waals surface area contributed by atoms with E-state index in [-0.39, 0.29) is 12.1 Å². The van der Waals surface area contributed by atoms with E-state index in [4.69, 9.17) is 17.0 Å². The number of hydrogen-bond acceptors (Lipinski definition) is 4. The molecule has 2 aromatic rings. The quantitative estimate of drug-likeness (QED) is 0.683. The Morgan fingerprint density at radius 3 is 2.92 bits per heavy atom. The summed E-state index contributed by atoms with van der Waals surface area (Å²) in [6, 6.07) is 10.2. The first kappa shape index (κ1) is 16.8. The molecule has 1 heterocycles. The SMILES string of the molecule is CNC(=S)[C@]1(c2cnc3ccccc3c2)CCCC[C@@H]1OC(C)=O. The highest BCUT2D eigenvalue weighted by Gasteiger charge is 2.48. The fourth-order valence-corrected chi connectivity index (χ4v) is 4.11. The second-order valence-electron chi connectivity index (χ2n) is 6.31. The number of hydrogen-bond donors (Lipinski definition) is 1. The molecule has 0 amide bonds. The predicted octanol–water partition coefficient (Wildman–Crippen LogP) is 3.53. The topological polar surface area (TPSA) is 51.2 Å². The molecule has 1 aliphatic carbocycles. The van der Waals surface area contributed by atoms with Gasteiger partial charge in [-0.25, -0.2) is 0 Å². The van der Waals surface area contributed by atoms with Crippen LogP contribution in [-0.4, -0.2) is 29.1 Å². The van der Waals surface area contributed by atoms with Gasteiger partial charge in [-0.15, -0.1) is 0 Å². The minimum atomic E-state index is -0.509. The van der Waals surface area contributed by atoms with E-state index >= 15 is 0 Å². The van der Waals surface area contributed by atoms with Crippen molar-refractivity contribution >= 4 is 34.1 Å². The second-order valence-corrected chi connectivity index (χ2v) is 6.72. The first-order chi connectivity index (χ1) is 11.6. The number of ether oxygens (including phenoxy) is 1. The van der Waals surface area contributed by atoms with Crippen molar-refractivity contribution < 1.29 is 9.53 Å². The third kappa shape index (κ3) is 2.88. The van der Waals surface area contributed by atoms with Gasteiger partial charge in [0.25, 0.3) is 0 Å². The summed E-state index contributed by atoms with van der Waals surface area (Å²) in [5.41, 5.74) is 1.46. The lowest BCUT2D eigenvalue weighted by atomic mass is 9.67. The van der Waals surface area contributed by atoms with Crippen LogP contribution in [0.5, 0.6) is 0 Å². The van der Waals surface area contributed by atoms with Crippen LogP contribution in [0.3, 0.4) is 0 Å². The van der Waals surface area contributed by atoms with Gasteiger partial charge in [0.15, 0.2) is 0 Å². The normalized spacial score (nSPS) is 23.7. The van der Waals surface area contributed by atoms with Gasteiger partial charge in [-0.2, -0.15) is 0 Å². The average Bonchev–Trinajstić information content (AvgIpc) is 2.60. The standard InChI is InChI=1S/C19H22N2O2S/c1-13(22)23-17-9-5-6-10-19(17,18(24)20-2)15-11-14-7-3-4-8-16(14)21-12-15/h3-4,7-8,11-12,17H,5-6,9-10H2,1-2H3,(H,20,24)/t17-,19-/m0/s1. The lowest BCUT2D eigenvalue weighted by Gasteiger charge is -2.43. The maximum absolute atomic E-state index is 11.7. The average molecular weight is 342 g/mol. The smallest absolute Gasteiger partial charge is 0.302 e. The molecule has 3 rings (SSSR count). The van der Waals surface area contributed by atoms with Crippen LogP contribution in [0.4, 0.5) is 0 Å². The number of esters is 1. The molecule has 1 aliphatic rings. The van der Waals surface area contributed by atoms with Crippen molar-refractivity contribution in [2.75, 3.05) is 7.05 Å². The highest BCUT2D eigenvalue weighted by Crippen LogP contribution is 2.42. The summed E-state index contributed by atoms with van der Waals surface area (Å²) in [4.78, 5) is 17.0. The van der Waals surface area contributed by atoms with Gasteiger partial charge in [0, 0.05) is 25.6 Å². The maximum Gasteiger partial charge on any atom is 0.302 e. The number of thiocarbonyl (C=S) groups is 1. The molecule has 126 valence electrons. The van der Waals surface area contributed by atoms with Crippen molar-refractivity contribution in [3.63, 3.8) is 0 Å². The molecule has 0 saturated heterocycles. The second kappa shape index (κ2) is 6.85. The van der Waals surface area contributed by atoms with Crippen LogP contribution >= 0.6 is 12.2 Å². The van der Waals surface area contributed by atoms with Gasteiger partial charge in [-0.3, -0.25) is 9.78 Å². The number of para-hydroxylation sites is 1. The minimum Gasteiger partial charge on any atom is -0.461 e. The highest BCUT2D eigenvalue weighted by atomic mass is 32.1. The van der Waals surface area contributed by atoms with Crippen molar-refractivity contribution in [2.24, 2.45) is 0 Å². The van der Waals surface area contributed by atoms with Crippen LogP contribution in [0, 0.1) is 0 Å². The Kier molecular flexibility index (Phi) is 4.81. The number of fused-ring (bicyclic) bond motifs is 1. The third-order valence-electron chi connectivity index (χ3n) is 4.88. The number of pyridine rings is 1. The number of rotatable bonds is 3. The van der Waals surface area contributed by atoms with E-state index in [2.05, 4.69) is 16.4 Å². The number of benzene rings is 1. The molecule has 2 atom stereocenters. The zero-order valence-corrected chi connectivity index (χ0v) is 14.9. The van der Waals surface area contributed by atoms with Gasteiger partial charge < -0.3 is 10.1 Å². The van der Waals surface area contributed by atoms with Gasteiger partial charge in [0.1, 0.15) is 6.10 Å².